The van der Waals surface area contributed by atoms with E-state index in [2.05, 4.69) is 4.72 Å². The highest BCUT2D eigenvalue weighted by Crippen LogP contribution is 2.28. The number of carbonyl (C=O) groups is 1. The van der Waals surface area contributed by atoms with Gasteiger partial charge in [0.2, 0.25) is 0 Å². The molecular weight excluding hydrogens is 314 g/mol. The average Bonchev–Trinajstić information content (AvgIpc) is 2.81. The molecule has 112 valence electrons. The maximum absolute atomic E-state index is 12.3. The van der Waals surface area contributed by atoms with E-state index in [9.17, 15) is 13.2 Å². The highest BCUT2D eigenvalue weighted by atomic mass is 32.2. The molecule has 2 aromatic rings. The van der Waals surface area contributed by atoms with Gasteiger partial charge in [0.1, 0.15) is 14.8 Å². The molecule has 1 aromatic heterocycles. The fourth-order valence-electron chi connectivity index (χ4n) is 1.69. The Labute approximate surface area is 126 Å². The normalized spacial score (nSPS) is 11.1. The molecule has 0 fully saturated rings. The van der Waals surface area contributed by atoms with Gasteiger partial charge in [-0.15, -0.1) is 11.3 Å². The van der Waals surface area contributed by atoms with Crippen LogP contribution in [0.15, 0.2) is 34.5 Å². The van der Waals surface area contributed by atoms with Crippen LogP contribution in [-0.2, 0) is 10.0 Å². The Bertz CT molecular complexity index is 780. The first-order valence-electron chi connectivity index (χ1n) is 5.84. The van der Waals surface area contributed by atoms with Gasteiger partial charge in [-0.05, 0) is 30.7 Å². The zero-order valence-corrected chi connectivity index (χ0v) is 12.9. The Morgan fingerprint density at radius 3 is 2.62 bits per heavy atom. The molecule has 0 aliphatic carbocycles. The summed E-state index contributed by atoms with van der Waals surface area (Å²) < 4.78 is 31.9. The number of ether oxygens (including phenoxy) is 1. The molecular formula is C13H13NO5S2. The number of sulfonamides is 1. The topological polar surface area (TPSA) is 92.7 Å². The second-order valence-corrected chi connectivity index (χ2v) is 7.18. The molecule has 0 saturated carbocycles. The minimum Gasteiger partial charge on any atom is -0.497 e. The summed E-state index contributed by atoms with van der Waals surface area (Å²) in [5, 5.41) is 8.98. The molecule has 0 saturated heterocycles. The van der Waals surface area contributed by atoms with E-state index in [4.69, 9.17) is 9.84 Å². The zero-order chi connectivity index (χ0) is 15.6. The molecule has 0 aliphatic rings. The summed E-state index contributed by atoms with van der Waals surface area (Å²) in [5.41, 5.74) is 0.760. The smallest absolute Gasteiger partial charge is 0.346 e. The number of aromatic carboxylic acids is 1. The molecule has 0 aliphatic heterocycles. The summed E-state index contributed by atoms with van der Waals surface area (Å²) >= 11 is 0.722. The van der Waals surface area contributed by atoms with E-state index in [0.29, 0.717) is 17.0 Å². The number of benzene rings is 1. The van der Waals surface area contributed by atoms with E-state index < -0.39 is 16.0 Å². The number of thiophene rings is 1. The molecule has 8 heteroatoms. The summed E-state index contributed by atoms with van der Waals surface area (Å²) in [6.45, 7) is 1.56. The van der Waals surface area contributed by atoms with Crippen molar-refractivity contribution in [3.05, 3.63) is 40.8 Å². The summed E-state index contributed by atoms with van der Waals surface area (Å²) in [6, 6.07) is 7.81. The highest BCUT2D eigenvalue weighted by Gasteiger charge is 2.21. The number of hydrogen-bond donors (Lipinski definition) is 2. The Hall–Kier alpha value is -2.06. The number of anilines is 1. The van der Waals surface area contributed by atoms with Crippen LogP contribution in [0.5, 0.6) is 5.75 Å². The van der Waals surface area contributed by atoms with Crippen LogP contribution in [0.25, 0.3) is 0 Å². The molecule has 0 spiro atoms. The van der Waals surface area contributed by atoms with Gasteiger partial charge in [-0.2, -0.15) is 0 Å². The maximum atomic E-state index is 12.3. The Morgan fingerprint density at radius 1 is 1.33 bits per heavy atom. The van der Waals surface area contributed by atoms with Gasteiger partial charge in [-0.25, -0.2) is 13.2 Å². The van der Waals surface area contributed by atoms with E-state index in [-0.39, 0.29) is 9.09 Å². The second kappa shape index (κ2) is 5.74. The first-order valence-corrected chi connectivity index (χ1v) is 8.14. The summed E-state index contributed by atoms with van der Waals surface area (Å²) in [7, 11) is -2.34. The third-order valence-electron chi connectivity index (χ3n) is 2.68. The molecule has 0 bridgehead atoms. The largest absolute Gasteiger partial charge is 0.497 e. The first kappa shape index (κ1) is 15.3. The average molecular weight is 327 g/mol. The lowest BCUT2D eigenvalue weighted by atomic mass is 10.3. The Morgan fingerprint density at radius 2 is 2.05 bits per heavy atom. The summed E-state index contributed by atoms with van der Waals surface area (Å²) in [6.07, 6.45) is 0. The van der Waals surface area contributed by atoms with Crippen LogP contribution in [0, 0.1) is 6.92 Å². The zero-order valence-electron chi connectivity index (χ0n) is 11.3. The molecule has 21 heavy (non-hydrogen) atoms. The molecule has 6 nitrogen and oxygen atoms in total. The number of hydrogen-bond acceptors (Lipinski definition) is 5. The number of nitrogens with one attached hydrogen (secondary N) is 1. The highest BCUT2D eigenvalue weighted by molar-refractivity contribution is 7.94. The van der Waals surface area contributed by atoms with E-state index >= 15 is 0 Å². The van der Waals surface area contributed by atoms with Crippen LogP contribution in [0.3, 0.4) is 0 Å². The van der Waals surface area contributed by atoms with E-state index in [1.165, 1.54) is 19.2 Å². The maximum Gasteiger partial charge on any atom is 0.346 e. The Kier molecular flexibility index (Phi) is 4.19. The minimum atomic E-state index is -3.82. The van der Waals surface area contributed by atoms with Crippen molar-refractivity contribution >= 4 is 33.0 Å². The molecule has 2 N–H and O–H groups in total. The van der Waals surface area contributed by atoms with Gasteiger partial charge in [0.25, 0.3) is 10.0 Å². The van der Waals surface area contributed by atoms with E-state index in [1.807, 2.05) is 0 Å². The number of carboxylic acid groups (broad SMARTS) is 1. The number of aryl methyl sites for hydroxylation is 1. The van der Waals surface area contributed by atoms with Crippen molar-refractivity contribution in [1.82, 2.24) is 0 Å². The van der Waals surface area contributed by atoms with Crippen molar-refractivity contribution in [3.63, 3.8) is 0 Å². The molecule has 2 rings (SSSR count). The van der Waals surface area contributed by atoms with Crippen LogP contribution < -0.4 is 9.46 Å². The van der Waals surface area contributed by atoms with Crippen molar-refractivity contribution in [2.75, 3.05) is 11.8 Å². The van der Waals surface area contributed by atoms with Crippen LogP contribution >= 0.6 is 11.3 Å². The SMILES string of the molecule is COc1cccc(NS(=O)(=O)c2cc(C)c(C(=O)O)s2)c1. The van der Waals surface area contributed by atoms with Crippen molar-refractivity contribution in [2.45, 2.75) is 11.1 Å². The number of carboxylic acids is 1. The van der Waals surface area contributed by atoms with Crippen LogP contribution in [0.2, 0.25) is 0 Å². The molecule has 0 amide bonds. The fraction of sp³-hybridized carbons (Fsp3) is 0.154. The minimum absolute atomic E-state index is 0.0148. The van der Waals surface area contributed by atoms with Gasteiger partial charge in [0.15, 0.2) is 0 Å². The summed E-state index contributed by atoms with van der Waals surface area (Å²) in [5.74, 6) is -0.621. The van der Waals surface area contributed by atoms with E-state index in [0.717, 1.165) is 11.3 Å². The van der Waals surface area contributed by atoms with Gasteiger partial charge in [-0.1, -0.05) is 6.07 Å². The van der Waals surface area contributed by atoms with Gasteiger partial charge < -0.3 is 9.84 Å². The predicted molar refractivity (Wildman–Crippen MR) is 79.8 cm³/mol. The predicted octanol–water partition coefficient (Wildman–Crippen LogP) is 2.56. The third-order valence-corrected chi connectivity index (χ3v) is 5.76. The molecule has 0 atom stereocenters. The molecule has 0 unspecified atom stereocenters. The van der Waals surface area contributed by atoms with Gasteiger partial charge in [0, 0.05) is 6.07 Å². The standard InChI is InChI=1S/C13H13NO5S2/c1-8-6-11(20-12(8)13(15)16)21(17,18)14-9-4-3-5-10(7-9)19-2/h3-7,14H,1-2H3,(H,15,16). The third kappa shape index (κ3) is 3.34. The molecule has 1 heterocycles. The van der Waals surface area contributed by atoms with Gasteiger partial charge in [0.05, 0.1) is 12.8 Å². The lowest BCUT2D eigenvalue weighted by molar-refractivity contribution is 0.0701. The van der Waals surface area contributed by atoms with Crippen molar-refractivity contribution < 1.29 is 23.1 Å². The van der Waals surface area contributed by atoms with Crippen LogP contribution in [0.4, 0.5) is 5.69 Å². The second-order valence-electron chi connectivity index (χ2n) is 4.22. The molecule has 0 radical (unpaired) electrons. The quantitative estimate of drug-likeness (QED) is 0.880. The van der Waals surface area contributed by atoms with Crippen molar-refractivity contribution in [3.8, 4) is 5.75 Å². The van der Waals surface area contributed by atoms with Gasteiger partial charge in [-0.3, -0.25) is 4.72 Å². The summed E-state index contributed by atoms with van der Waals surface area (Å²) in [4.78, 5) is 11.0. The first-order chi connectivity index (χ1) is 9.83. The monoisotopic (exact) mass is 327 g/mol. The van der Waals surface area contributed by atoms with E-state index in [1.54, 1.807) is 25.1 Å². The fourth-order valence-corrected chi connectivity index (χ4v) is 4.12. The van der Waals surface area contributed by atoms with Crippen molar-refractivity contribution in [2.24, 2.45) is 0 Å². The van der Waals surface area contributed by atoms with Crippen LogP contribution in [-0.4, -0.2) is 26.6 Å². The number of methoxy groups -OCH3 is 1. The van der Waals surface area contributed by atoms with Crippen molar-refractivity contribution in [1.29, 1.82) is 0 Å². The lowest BCUT2D eigenvalue weighted by Gasteiger charge is -2.07. The van der Waals surface area contributed by atoms with Crippen LogP contribution in [0.1, 0.15) is 15.2 Å². The Balaban J connectivity index is 2.34. The lowest BCUT2D eigenvalue weighted by Crippen LogP contribution is -2.11. The molecule has 1 aromatic carbocycles. The van der Waals surface area contributed by atoms with Gasteiger partial charge >= 0.3 is 5.97 Å². The number of rotatable bonds is 5.